The van der Waals surface area contributed by atoms with Gasteiger partial charge in [0.25, 0.3) is 0 Å². The minimum absolute atomic E-state index is 0.510. The highest BCUT2D eigenvalue weighted by Crippen LogP contribution is 2.20. The minimum Gasteiger partial charge on any atom is -0.497 e. The Bertz CT molecular complexity index is 615. The zero-order valence-electron chi connectivity index (χ0n) is 13.3. The highest BCUT2D eigenvalue weighted by atomic mass is 16.5. The van der Waals surface area contributed by atoms with Gasteiger partial charge in [0.15, 0.2) is 0 Å². The molecular formula is C17H22N4O2. The topological polar surface area (TPSA) is 61.7 Å². The zero-order valence-corrected chi connectivity index (χ0v) is 13.3. The number of methoxy groups -OCH3 is 1. The standard InChI is InChI=1S/C17H22N4O2/c1-23-15-5-2-4-14(12-15)16(22)13-20-8-10-21(11-9-20)17-18-6-3-7-19-17/h2-7,12,16,22H,8-11,13H2,1H3. The fraction of sp³-hybridized carbons (Fsp3) is 0.412. The summed E-state index contributed by atoms with van der Waals surface area (Å²) < 4.78 is 5.21. The predicted octanol–water partition coefficient (Wildman–Crippen LogP) is 1.34. The summed E-state index contributed by atoms with van der Waals surface area (Å²) in [6.45, 7) is 4.14. The van der Waals surface area contributed by atoms with Crippen LogP contribution in [0, 0.1) is 0 Å². The van der Waals surface area contributed by atoms with E-state index < -0.39 is 6.10 Å². The van der Waals surface area contributed by atoms with Crippen molar-refractivity contribution in [1.29, 1.82) is 0 Å². The van der Waals surface area contributed by atoms with Gasteiger partial charge in [0.1, 0.15) is 5.75 Å². The van der Waals surface area contributed by atoms with Gasteiger partial charge in [-0.1, -0.05) is 12.1 Å². The number of aromatic nitrogens is 2. The number of β-amino-alcohol motifs (C(OH)–C–C–N with tert-alkyl or cyclic N) is 1. The summed E-state index contributed by atoms with van der Waals surface area (Å²) in [5, 5.41) is 10.4. The predicted molar refractivity (Wildman–Crippen MR) is 88.6 cm³/mol. The van der Waals surface area contributed by atoms with Gasteiger partial charge in [0.05, 0.1) is 13.2 Å². The van der Waals surface area contributed by atoms with Crippen LogP contribution in [0.25, 0.3) is 0 Å². The molecule has 1 aromatic carbocycles. The first-order valence-electron chi connectivity index (χ1n) is 7.82. The molecule has 1 fully saturated rings. The summed E-state index contributed by atoms with van der Waals surface area (Å²) >= 11 is 0. The van der Waals surface area contributed by atoms with E-state index >= 15 is 0 Å². The van der Waals surface area contributed by atoms with Crippen LogP contribution < -0.4 is 9.64 Å². The van der Waals surface area contributed by atoms with Crippen molar-refractivity contribution in [3.63, 3.8) is 0 Å². The van der Waals surface area contributed by atoms with Crippen molar-refractivity contribution in [1.82, 2.24) is 14.9 Å². The van der Waals surface area contributed by atoms with Crippen molar-refractivity contribution in [2.24, 2.45) is 0 Å². The van der Waals surface area contributed by atoms with E-state index in [9.17, 15) is 5.11 Å². The number of ether oxygens (including phenoxy) is 1. The Morgan fingerprint density at radius 2 is 1.87 bits per heavy atom. The molecule has 1 aliphatic rings. The van der Waals surface area contributed by atoms with Gasteiger partial charge in [-0.3, -0.25) is 4.90 Å². The Labute approximate surface area is 136 Å². The average molecular weight is 314 g/mol. The molecule has 0 spiro atoms. The van der Waals surface area contributed by atoms with Gasteiger partial charge in [0.2, 0.25) is 5.95 Å². The normalized spacial score (nSPS) is 17.0. The Balaban J connectivity index is 1.54. The van der Waals surface area contributed by atoms with Crippen molar-refractivity contribution < 1.29 is 9.84 Å². The van der Waals surface area contributed by atoms with E-state index in [1.54, 1.807) is 19.5 Å². The van der Waals surface area contributed by atoms with Crippen LogP contribution in [-0.4, -0.2) is 59.8 Å². The first-order chi connectivity index (χ1) is 11.3. The largest absolute Gasteiger partial charge is 0.497 e. The molecule has 122 valence electrons. The van der Waals surface area contributed by atoms with Crippen LogP contribution in [0.1, 0.15) is 11.7 Å². The van der Waals surface area contributed by atoms with E-state index in [0.29, 0.717) is 6.54 Å². The second-order valence-corrected chi connectivity index (χ2v) is 5.63. The van der Waals surface area contributed by atoms with E-state index in [0.717, 1.165) is 43.4 Å². The molecule has 0 bridgehead atoms. The molecule has 0 radical (unpaired) electrons. The lowest BCUT2D eigenvalue weighted by Gasteiger charge is -2.35. The Kier molecular flexibility index (Phi) is 5.05. The maximum atomic E-state index is 10.4. The third-order valence-corrected chi connectivity index (χ3v) is 4.12. The molecule has 0 amide bonds. The third-order valence-electron chi connectivity index (χ3n) is 4.12. The highest BCUT2D eigenvalue weighted by Gasteiger charge is 2.21. The van der Waals surface area contributed by atoms with Crippen molar-refractivity contribution >= 4 is 5.95 Å². The lowest BCUT2D eigenvalue weighted by atomic mass is 10.1. The summed E-state index contributed by atoms with van der Waals surface area (Å²) in [7, 11) is 1.64. The Morgan fingerprint density at radius 1 is 1.13 bits per heavy atom. The van der Waals surface area contributed by atoms with Crippen LogP contribution in [0.15, 0.2) is 42.7 Å². The molecule has 2 heterocycles. The van der Waals surface area contributed by atoms with Gasteiger partial charge in [-0.15, -0.1) is 0 Å². The molecule has 1 aliphatic heterocycles. The number of hydrogen-bond donors (Lipinski definition) is 1. The molecular weight excluding hydrogens is 292 g/mol. The van der Waals surface area contributed by atoms with Gasteiger partial charge in [-0.25, -0.2) is 9.97 Å². The maximum Gasteiger partial charge on any atom is 0.225 e. The summed E-state index contributed by atoms with van der Waals surface area (Å²) in [5.41, 5.74) is 0.887. The molecule has 1 saturated heterocycles. The van der Waals surface area contributed by atoms with E-state index in [1.807, 2.05) is 30.3 Å². The third kappa shape index (κ3) is 3.97. The molecule has 1 N–H and O–H groups in total. The van der Waals surface area contributed by atoms with E-state index in [-0.39, 0.29) is 0 Å². The first kappa shape index (κ1) is 15.7. The second-order valence-electron chi connectivity index (χ2n) is 5.63. The fourth-order valence-electron chi connectivity index (χ4n) is 2.78. The average Bonchev–Trinajstić information content (AvgIpc) is 2.63. The van der Waals surface area contributed by atoms with Crippen molar-refractivity contribution in [3.8, 4) is 5.75 Å². The van der Waals surface area contributed by atoms with Gasteiger partial charge in [-0.2, -0.15) is 0 Å². The molecule has 1 unspecified atom stereocenters. The Morgan fingerprint density at radius 3 is 2.57 bits per heavy atom. The second kappa shape index (κ2) is 7.39. The van der Waals surface area contributed by atoms with Gasteiger partial charge < -0.3 is 14.7 Å². The smallest absolute Gasteiger partial charge is 0.225 e. The lowest BCUT2D eigenvalue weighted by Crippen LogP contribution is -2.48. The molecule has 1 aromatic heterocycles. The summed E-state index contributed by atoms with van der Waals surface area (Å²) in [6.07, 6.45) is 3.02. The Hall–Kier alpha value is -2.18. The van der Waals surface area contributed by atoms with Crippen molar-refractivity contribution in [3.05, 3.63) is 48.3 Å². The lowest BCUT2D eigenvalue weighted by molar-refractivity contribution is 0.109. The van der Waals surface area contributed by atoms with Crippen LogP contribution in [0.4, 0.5) is 5.95 Å². The van der Waals surface area contributed by atoms with Crippen LogP contribution in [-0.2, 0) is 0 Å². The zero-order chi connectivity index (χ0) is 16.1. The number of anilines is 1. The van der Waals surface area contributed by atoms with Crippen LogP contribution in [0.2, 0.25) is 0 Å². The van der Waals surface area contributed by atoms with Crippen LogP contribution in [0.5, 0.6) is 5.75 Å². The molecule has 3 rings (SSSR count). The monoisotopic (exact) mass is 314 g/mol. The summed E-state index contributed by atoms with van der Waals surface area (Å²) in [4.78, 5) is 13.0. The molecule has 2 aromatic rings. The van der Waals surface area contributed by atoms with Gasteiger partial charge in [-0.05, 0) is 23.8 Å². The number of benzene rings is 1. The maximum absolute atomic E-state index is 10.4. The van der Waals surface area contributed by atoms with E-state index in [4.69, 9.17) is 4.74 Å². The number of hydrogen-bond acceptors (Lipinski definition) is 6. The molecule has 0 saturated carbocycles. The van der Waals surface area contributed by atoms with Crippen LogP contribution >= 0.6 is 0 Å². The molecule has 0 aliphatic carbocycles. The quantitative estimate of drug-likeness (QED) is 0.899. The molecule has 6 nitrogen and oxygen atoms in total. The van der Waals surface area contributed by atoms with Crippen molar-refractivity contribution in [2.75, 3.05) is 44.7 Å². The number of aliphatic hydroxyl groups excluding tert-OH is 1. The molecule has 6 heteroatoms. The summed E-state index contributed by atoms with van der Waals surface area (Å²) in [6, 6.07) is 9.43. The molecule has 1 atom stereocenters. The van der Waals surface area contributed by atoms with Gasteiger partial charge >= 0.3 is 0 Å². The number of nitrogens with zero attached hydrogens (tertiary/aromatic N) is 4. The fourth-order valence-corrected chi connectivity index (χ4v) is 2.78. The first-order valence-corrected chi connectivity index (χ1v) is 7.82. The van der Waals surface area contributed by atoms with Crippen LogP contribution in [0.3, 0.4) is 0 Å². The number of rotatable bonds is 5. The van der Waals surface area contributed by atoms with Gasteiger partial charge in [0, 0.05) is 45.1 Å². The van der Waals surface area contributed by atoms with Crippen molar-refractivity contribution in [2.45, 2.75) is 6.10 Å². The number of aliphatic hydroxyl groups is 1. The van der Waals surface area contributed by atoms with E-state index in [1.165, 1.54) is 0 Å². The molecule has 23 heavy (non-hydrogen) atoms. The van der Waals surface area contributed by atoms with E-state index in [2.05, 4.69) is 19.8 Å². The minimum atomic E-state index is -0.510. The summed E-state index contributed by atoms with van der Waals surface area (Å²) in [5.74, 6) is 1.55. The highest BCUT2D eigenvalue weighted by molar-refractivity contribution is 5.31. The SMILES string of the molecule is COc1cccc(C(O)CN2CCN(c3ncccn3)CC2)c1. The number of piperazine rings is 1.